The van der Waals surface area contributed by atoms with Crippen molar-refractivity contribution in [1.29, 1.82) is 0 Å². The van der Waals surface area contributed by atoms with Gasteiger partial charge < -0.3 is 9.47 Å². The lowest BCUT2D eigenvalue weighted by molar-refractivity contribution is -0.0546. The molecule has 18 heavy (non-hydrogen) atoms. The molecule has 1 aliphatic rings. The third-order valence-electron chi connectivity index (χ3n) is 3.35. The van der Waals surface area contributed by atoms with Crippen LogP contribution in [-0.4, -0.2) is 18.8 Å². The summed E-state index contributed by atoms with van der Waals surface area (Å²) in [6, 6.07) is 10.3. The van der Waals surface area contributed by atoms with Crippen LogP contribution >= 0.6 is 0 Å². The van der Waals surface area contributed by atoms with Crippen molar-refractivity contribution < 1.29 is 9.47 Å². The Bertz CT molecular complexity index is 383. The molecular weight excluding hydrogens is 224 g/mol. The maximum atomic E-state index is 5.99. The van der Waals surface area contributed by atoms with Crippen LogP contribution in [0.1, 0.15) is 32.3 Å². The lowest BCUT2D eigenvalue weighted by Gasteiger charge is -2.28. The summed E-state index contributed by atoms with van der Waals surface area (Å²) >= 11 is 0. The molecule has 1 aliphatic heterocycles. The van der Waals surface area contributed by atoms with Crippen molar-refractivity contribution in [2.75, 3.05) is 6.61 Å². The van der Waals surface area contributed by atoms with Crippen molar-refractivity contribution >= 4 is 0 Å². The number of ether oxygens (including phenoxy) is 2. The zero-order valence-corrected chi connectivity index (χ0v) is 11.3. The molecule has 98 valence electrons. The van der Waals surface area contributed by atoms with Gasteiger partial charge in [0, 0.05) is 0 Å². The van der Waals surface area contributed by atoms with Gasteiger partial charge in [-0.2, -0.15) is 0 Å². The van der Waals surface area contributed by atoms with Crippen LogP contribution in [0.15, 0.2) is 42.0 Å². The highest BCUT2D eigenvalue weighted by Gasteiger charge is 2.20. The molecule has 2 rings (SSSR count). The van der Waals surface area contributed by atoms with E-state index in [1.807, 2.05) is 18.2 Å². The molecule has 2 atom stereocenters. The molecule has 0 unspecified atom stereocenters. The van der Waals surface area contributed by atoms with Crippen LogP contribution in [0.5, 0.6) is 0 Å². The van der Waals surface area contributed by atoms with Crippen molar-refractivity contribution in [1.82, 2.24) is 0 Å². The first-order valence-corrected chi connectivity index (χ1v) is 6.73. The molecule has 1 aromatic rings. The molecule has 0 fully saturated rings. The molecule has 0 aromatic heterocycles. The molecule has 0 radical (unpaired) electrons. The number of benzene rings is 1. The first-order chi connectivity index (χ1) is 8.79. The van der Waals surface area contributed by atoms with Crippen molar-refractivity contribution in [3.8, 4) is 0 Å². The van der Waals surface area contributed by atoms with Gasteiger partial charge in [-0.25, -0.2) is 0 Å². The molecule has 0 saturated carbocycles. The zero-order chi connectivity index (χ0) is 12.8. The molecule has 0 N–H and O–H groups in total. The van der Waals surface area contributed by atoms with Crippen molar-refractivity contribution in [3.63, 3.8) is 0 Å². The van der Waals surface area contributed by atoms with E-state index >= 15 is 0 Å². The van der Waals surface area contributed by atoms with Gasteiger partial charge in [-0.15, -0.1) is 0 Å². The highest BCUT2D eigenvalue weighted by Crippen LogP contribution is 2.21. The summed E-state index contributed by atoms with van der Waals surface area (Å²) < 4.78 is 11.7. The van der Waals surface area contributed by atoms with Gasteiger partial charge in [0.25, 0.3) is 0 Å². The van der Waals surface area contributed by atoms with Crippen LogP contribution in [0, 0.1) is 0 Å². The zero-order valence-electron chi connectivity index (χ0n) is 11.3. The SMILES string of the molecule is CC[C@H]1O[C@@H](COCc2ccccc2)CC=C1C. The van der Waals surface area contributed by atoms with Gasteiger partial charge in [-0.1, -0.05) is 43.3 Å². The Morgan fingerprint density at radius 2 is 2.06 bits per heavy atom. The number of rotatable bonds is 5. The lowest BCUT2D eigenvalue weighted by Crippen LogP contribution is -2.30. The molecule has 0 saturated heterocycles. The van der Waals surface area contributed by atoms with E-state index < -0.39 is 0 Å². The van der Waals surface area contributed by atoms with Crippen molar-refractivity contribution in [2.45, 2.75) is 45.5 Å². The van der Waals surface area contributed by atoms with Crippen LogP contribution in [0.3, 0.4) is 0 Å². The Morgan fingerprint density at radius 1 is 1.28 bits per heavy atom. The fourth-order valence-electron chi connectivity index (χ4n) is 2.25. The molecule has 0 amide bonds. The van der Waals surface area contributed by atoms with E-state index in [0.29, 0.717) is 13.2 Å². The summed E-state index contributed by atoms with van der Waals surface area (Å²) in [4.78, 5) is 0. The Hall–Kier alpha value is -1.12. The van der Waals surface area contributed by atoms with E-state index in [1.165, 1.54) is 11.1 Å². The Morgan fingerprint density at radius 3 is 2.78 bits per heavy atom. The lowest BCUT2D eigenvalue weighted by atomic mass is 10.0. The number of hydrogen-bond donors (Lipinski definition) is 0. The second kappa shape index (κ2) is 6.72. The Kier molecular flexibility index (Phi) is 4.97. The van der Waals surface area contributed by atoms with Crippen LogP contribution in [0.25, 0.3) is 0 Å². The maximum Gasteiger partial charge on any atom is 0.0851 e. The topological polar surface area (TPSA) is 18.5 Å². The van der Waals surface area contributed by atoms with Gasteiger partial charge in [-0.3, -0.25) is 0 Å². The largest absolute Gasteiger partial charge is 0.374 e. The van der Waals surface area contributed by atoms with Crippen LogP contribution in [-0.2, 0) is 16.1 Å². The van der Waals surface area contributed by atoms with E-state index in [-0.39, 0.29) is 12.2 Å². The highest BCUT2D eigenvalue weighted by atomic mass is 16.5. The summed E-state index contributed by atoms with van der Waals surface area (Å²) in [7, 11) is 0. The monoisotopic (exact) mass is 246 g/mol. The summed E-state index contributed by atoms with van der Waals surface area (Å²) in [5.74, 6) is 0. The predicted octanol–water partition coefficient (Wildman–Crippen LogP) is 3.72. The minimum Gasteiger partial charge on any atom is -0.374 e. The summed E-state index contributed by atoms with van der Waals surface area (Å²) in [5.41, 5.74) is 2.57. The minimum absolute atomic E-state index is 0.211. The third-order valence-corrected chi connectivity index (χ3v) is 3.35. The van der Waals surface area contributed by atoms with Gasteiger partial charge in [0.1, 0.15) is 0 Å². The van der Waals surface area contributed by atoms with Gasteiger partial charge >= 0.3 is 0 Å². The molecule has 0 aliphatic carbocycles. The molecule has 2 nitrogen and oxygen atoms in total. The summed E-state index contributed by atoms with van der Waals surface area (Å²) in [6.45, 7) is 5.65. The minimum atomic E-state index is 0.211. The van der Waals surface area contributed by atoms with Crippen LogP contribution < -0.4 is 0 Å². The number of hydrogen-bond acceptors (Lipinski definition) is 2. The van der Waals surface area contributed by atoms with Crippen molar-refractivity contribution in [3.05, 3.63) is 47.5 Å². The van der Waals surface area contributed by atoms with Crippen LogP contribution in [0.2, 0.25) is 0 Å². The molecule has 1 heterocycles. The normalized spacial score (nSPS) is 23.8. The van der Waals surface area contributed by atoms with E-state index in [4.69, 9.17) is 9.47 Å². The van der Waals surface area contributed by atoms with E-state index in [2.05, 4.69) is 32.1 Å². The molecule has 0 bridgehead atoms. The fourth-order valence-corrected chi connectivity index (χ4v) is 2.25. The van der Waals surface area contributed by atoms with E-state index in [9.17, 15) is 0 Å². The quantitative estimate of drug-likeness (QED) is 0.737. The second-order valence-electron chi connectivity index (χ2n) is 4.84. The van der Waals surface area contributed by atoms with Gasteiger partial charge in [0.05, 0.1) is 25.4 Å². The molecular formula is C16H22O2. The average Bonchev–Trinajstić information content (AvgIpc) is 2.42. The smallest absolute Gasteiger partial charge is 0.0851 e. The maximum absolute atomic E-state index is 5.99. The highest BCUT2D eigenvalue weighted by molar-refractivity contribution is 5.13. The van der Waals surface area contributed by atoms with Gasteiger partial charge in [-0.05, 0) is 30.9 Å². The fraction of sp³-hybridized carbons (Fsp3) is 0.500. The third kappa shape index (κ3) is 3.69. The van der Waals surface area contributed by atoms with Gasteiger partial charge in [0.15, 0.2) is 0 Å². The standard InChI is InChI=1S/C16H22O2/c1-3-16-13(2)9-10-15(18-16)12-17-11-14-7-5-4-6-8-14/h4-9,15-16H,3,10-12H2,1-2H3/t15-,16-/m1/s1. The second-order valence-corrected chi connectivity index (χ2v) is 4.84. The summed E-state index contributed by atoms with van der Waals surface area (Å²) in [5, 5.41) is 0. The first-order valence-electron chi connectivity index (χ1n) is 6.73. The van der Waals surface area contributed by atoms with Gasteiger partial charge in [0.2, 0.25) is 0 Å². The first kappa shape index (κ1) is 13.3. The Labute approximate surface area is 110 Å². The van der Waals surface area contributed by atoms with Crippen LogP contribution in [0.4, 0.5) is 0 Å². The van der Waals surface area contributed by atoms with Crippen molar-refractivity contribution in [2.24, 2.45) is 0 Å². The Balaban J connectivity index is 1.75. The van der Waals surface area contributed by atoms with E-state index in [0.717, 1.165) is 12.8 Å². The predicted molar refractivity (Wildman–Crippen MR) is 73.4 cm³/mol. The average molecular weight is 246 g/mol. The molecule has 0 spiro atoms. The molecule has 2 heteroatoms. The summed E-state index contributed by atoms with van der Waals surface area (Å²) in [6.07, 6.45) is 4.79. The molecule has 1 aromatic carbocycles. The van der Waals surface area contributed by atoms with E-state index in [1.54, 1.807) is 0 Å².